The largest absolute Gasteiger partial charge is 0.393 e. The van der Waals surface area contributed by atoms with E-state index in [0.29, 0.717) is 22.8 Å². The van der Waals surface area contributed by atoms with Crippen LogP contribution in [0.5, 0.6) is 0 Å². The zero-order valence-electron chi connectivity index (χ0n) is 11.4. The number of amides is 1. The van der Waals surface area contributed by atoms with Crippen molar-refractivity contribution in [2.24, 2.45) is 11.8 Å². The minimum absolute atomic E-state index is 0.167. The van der Waals surface area contributed by atoms with Crippen LogP contribution in [0, 0.1) is 11.8 Å². The van der Waals surface area contributed by atoms with Crippen molar-refractivity contribution >= 4 is 17.7 Å². The van der Waals surface area contributed by atoms with Gasteiger partial charge in [0.25, 0.3) is 0 Å². The lowest BCUT2D eigenvalue weighted by atomic mass is 10.00. The summed E-state index contributed by atoms with van der Waals surface area (Å²) in [5, 5.41) is 13.9. The van der Waals surface area contributed by atoms with E-state index in [1.807, 2.05) is 16.7 Å². The third kappa shape index (κ3) is 3.09. The second-order valence-electron chi connectivity index (χ2n) is 6.13. The topological polar surface area (TPSA) is 52.6 Å². The predicted molar refractivity (Wildman–Crippen MR) is 77.2 cm³/mol. The third-order valence-corrected chi connectivity index (χ3v) is 6.26. The van der Waals surface area contributed by atoms with Crippen LogP contribution in [0.15, 0.2) is 0 Å². The van der Waals surface area contributed by atoms with Gasteiger partial charge in [-0.15, -0.1) is 11.8 Å². The zero-order chi connectivity index (χ0) is 13.2. The number of nitrogens with zero attached hydrogens (tertiary/aromatic N) is 1. The van der Waals surface area contributed by atoms with Gasteiger partial charge < -0.3 is 15.3 Å². The monoisotopic (exact) mass is 284 g/mol. The summed E-state index contributed by atoms with van der Waals surface area (Å²) in [6, 6.07) is 0. The van der Waals surface area contributed by atoms with Gasteiger partial charge in [-0.05, 0) is 44.7 Å². The van der Waals surface area contributed by atoms with Gasteiger partial charge in [0.05, 0.1) is 11.9 Å². The van der Waals surface area contributed by atoms with Crippen LogP contribution in [0.2, 0.25) is 0 Å². The molecule has 19 heavy (non-hydrogen) atoms. The Labute approximate surface area is 119 Å². The Morgan fingerprint density at radius 3 is 2.74 bits per heavy atom. The van der Waals surface area contributed by atoms with E-state index in [2.05, 4.69) is 5.32 Å². The fourth-order valence-electron chi connectivity index (χ4n) is 3.68. The fraction of sp³-hybridized carbons (Fsp3) is 0.929. The van der Waals surface area contributed by atoms with Gasteiger partial charge in [-0.25, -0.2) is 0 Å². The maximum atomic E-state index is 12.2. The first-order valence-electron chi connectivity index (χ1n) is 7.52. The Morgan fingerprint density at radius 1 is 1.21 bits per heavy atom. The van der Waals surface area contributed by atoms with Crippen molar-refractivity contribution in [2.75, 3.05) is 31.9 Å². The van der Waals surface area contributed by atoms with Crippen molar-refractivity contribution < 1.29 is 9.90 Å². The predicted octanol–water partition coefficient (Wildman–Crippen LogP) is 0.701. The molecule has 0 aromatic carbocycles. The number of hydrogen-bond donors (Lipinski definition) is 2. The SMILES string of the molecule is O=C(CSC1CCNCC1)N1CC2CCC(O)C2C1. The van der Waals surface area contributed by atoms with Crippen LogP contribution >= 0.6 is 11.8 Å². The maximum absolute atomic E-state index is 12.2. The van der Waals surface area contributed by atoms with Crippen LogP contribution in [0.1, 0.15) is 25.7 Å². The molecule has 2 heterocycles. The zero-order valence-corrected chi connectivity index (χ0v) is 12.2. The highest BCUT2D eigenvalue weighted by molar-refractivity contribution is 8.00. The molecule has 3 atom stereocenters. The Hall–Kier alpha value is -0.260. The number of aliphatic hydroxyl groups excluding tert-OH is 1. The number of carbonyl (C=O) groups is 1. The molecule has 0 bridgehead atoms. The summed E-state index contributed by atoms with van der Waals surface area (Å²) >= 11 is 1.83. The van der Waals surface area contributed by atoms with Crippen molar-refractivity contribution in [1.29, 1.82) is 0 Å². The Kier molecular flexibility index (Phi) is 4.34. The van der Waals surface area contributed by atoms with Gasteiger partial charge in [0.2, 0.25) is 5.91 Å². The van der Waals surface area contributed by atoms with E-state index in [1.54, 1.807) is 0 Å². The first-order chi connectivity index (χ1) is 9.24. The van der Waals surface area contributed by atoms with Crippen molar-refractivity contribution in [3.8, 4) is 0 Å². The van der Waals surface area contributed by atoms with Crippen LogP contribution in [-0.4, -0.2) is 59.2 Å². The number of nitrogens with one attached hydrogen (secondary N) is 1. The smallest absolute Gasteiger partial charge is 0.232 e. The molecule has 0 radical (unpaired) electrons. The van der Waals surface area contributed by atoms with Crippen LogP contribution in [0.25, 0.3) is 0 Å². The molecule has 3 fully saturated rings. The van der Waals surface area contributed by atoms with Crippen LogP contribution in [0.4, 0.5) is 0 Å². The van der Waals surface area contributed by atoms with Gasteiger partial charge >= 0.3 is 0 Å². The summed E-state index contributed by atoms with van der Waals surface area (Å²) in [5.41, 5.74) is 0. The molecule has 1 aliphatic carbocycles. The van der Waals surface area contributed by atoms with Crippen molar-refractivity contribution in [3.05, 3.63) is 0 Å². The van der Waals surface area contributed by atoms with Gasteiger partial charge in [-0.2, -0.15) is 0 Å². The lowest BCUT2D eigenvalue weighted by Crippen LogP contribution is -2.34. The lowest BCUT2D eigenvalue weighted by Gasteiger charge is -2.23. The summed E-state index contributed by atoms with van der Waals surface area (Å²) in [4.78, 5) is 14.2. The second-order valence-corrected chi connectivity index (χ2v) is 7.42. The summed E-state index contributed by atoms with van der Waals surface area (Å²) in [6.07, 6.45) is 4.22. The van der Waals surface area contributed by atoms with E-state index in [9.17, 15) is 9.90 Å². The molecule has 4 nitrogen and oxygen atoms in total. The Bertz CT molecular complexity index is 333. The summed E-state index contributed by atoms with van der Waals surface area (Å²) < 4.78 is 0. The number of hydrogen-bond acceptors (Lipinski definition) is 4. The highest BCUT2D eigenvalue weighted by Crippen LogP contribution is 2.38. The first-order valence-corrected chi connectivity index (χ1v) is 8.57. The standard InChI is InChI=1S/C14H24N2O2S/c17-13-2-1-10-7-16(8-12(10)13)14(18)9-19-11-3-5-15-6-4-11/h10-13,15,17H,1-9H2. The molecule has 108 valence electrons. The molecule has 0 aromatic rings. The molecule has 1 amide bonds. The van der Waals surface area contributed by atoms with Crippen LogP contribution < -0.4 is 5.32 Å². The quantitative estimate of drug-likeness (QED) is 0.801. The number of fused-ring (bicyclic) bond motifs is 1. The molecule has 0 aromatic heterocycles. The van der Waals surface area contributed by atoms with E-state index in [0.717, 1.165) is 39.0 Å². The van der Waals surface area contributed by atoms with Crippen molar-refractivity contribution in [1.82, 2.24) is 10.2 Å². The molecule has 0 spiro atoms. The van der Waals surface area contributed by atoms with Gasteiger partial charge in [-0.1, -0.05) is 0 Å². The first kappa shape index (κ1) is 13.7. The van der Waals surface area contributed by atoms with Gasteiger partial charge in [-0.3, -0.25) is 4.79 Å². The van der Waals surface area contributed by atoms with Crippen molar-refractivity contribution in [3.63, 3.8) is 0 Å². The van der Waals surface area contributed by atoms with E-state index >= 15 is 0 Å². The molecular weight excluding hydrogens is 260 g/mol. The summed E-state index contributed by atoms with van der Waals surface area (Å²) in [6.45, 7) is 3.85. The van der Waals surface area contributed by atoms with Crippen LogP contribution in [-0.2, 0) is 4.79 Å². The molecule has 3 unspecified atom stereocenters. The van der Waals surface area contributed by atoms with E-state index in [1.165, 1.54) is 12.8 Å². The number of rotatable bonds is 3. The van der Waals surface area contributed by atoms with Crippen LogP contribution in [0.3, 0.4) is 0 Å². The molecule has 2 N–H and O–H groups in total. The average Bonchev–Trinajstić information content (AvgIpc) is 3.00. The molecule has 3 rings (SSSR count). The van der Waals surface area contributed by atoms with Gasteiger partial charge in [0.15, 0.2) is 0 Å². The van der Waals surface area contributed by atoms with E-state index < -0.39 is 0 Å². The highest BCUT2D eigenvalue weighted by Gasteiger charge is 2.43. The second kappa shape index (κ2) is 6.02. The summed E-state index contributed by atoms with van der Waals surface area (Å²) in [5.74, 6) is 1.82. The maximum Gasteiger partial charge on any atom is 0.232 e. The minimum atomic E-state index is -0.167. The molecule has 2 aliphatic heterocycles. The minimum Gasteiger partial charge on any atom is -0.393 e. The third-order valence-electron chi connectivity index (χ3n) is 4.90. The lowest BCUT2D eigenvalue weighted by molar-refractivity contribution is -0.127. The number of aliphatic hydroxyl groups is 1. The van der Waals surface area contributed by atoms with E-state index in [4.69, 9.17) is 0 Å². The number of likely N-dealkylation sites (tertiary alicyclic amines) is 1. The molecule has 3 aliphatic rings. The van der Waals surface area contributed by atoms with E-state index in [-0.39, 0.29) is 12.0 Å². The van der Waals surface area contributed by atoms with Gasteiger partial charge in [0.1, 0.15) is 0 Å². The Balaban J connectivity index is 1.44. The highest BCUT2D eigenvalue weighted by atomic mass is 32.2. The molecular formula is C14H24N2O2S. The normalized spacial score (nSPS) is 35.6. The molecule has 1 saturated carbocycles. The number of piperidine rings is 1. The fourth-order valence-corrected chi connectivity index (χ4v) is 4.81. The number of carbonyl (C=O) groups excluding carboxylic acids is 1. The average molecular weight is 284 g/mol. The van der Waals surface area contributed by atoms with Gasteiger partial charge in [0, 0.05) is 24.3 Å². The molecule has 2 saturated heterocycles. The van der Waals surface area contributed by atoms with Crippen molar-refractivity contribution in [2.45, 2.75) is 37.0 Å². The number of thioether (sulfide) groups is 1. The molecule has 5 heteroatoms. The Morgan fingerprint density at radius 2 is 2.00 bits per heavy atom. The summed E-state index contributed by atoms with van der Waals surface area (Å²) in [7, 11) is 0.